The van der Waals surface area contributed by atoms with E-state index in [2.05, 4.69) is 38.0 Å². The Morgan fingerprint density at radius 2 is 2.16 bits per heavy atom. The third kappa shape index (κ3) is 3.98. The van der Waals surface area contributed by atoms with Gasteiger partial charge in [-0.25, -0.2) is 4.39 Å². The summed E-state index contributed by atoms with van der Waals surface area (Å²) in [6.45, 7) is 9.55. The molecule has 2 rings (SSSR count). The fourth-order valence-electron chi connectivity index (χ4n) is 2.48. The van der Waals surface area contributed by atoms with E-state index in [1.54, 1.807) is 6.07 Å². The Balaban J connectivity index is 2.08. The van der Waals surface area contributed by atoms with Crippen LogP contribution in [0, 0.1) is 11.2 Å². The second kappa shape index (κ2) is 5.55. The molecular weight excluding hydrogens is 243 g/mol. The normalized spacial score (nSPS) is 28.4. The zero-order valence-corrected chi connectivity index (χ0v) is 12.1. The minimum absolute atomic E-state index is 0.110. The number of aromatic nitrogens is 1. The fraction of sp³-hybridized carbons (Fsp3) is 0.667. The van der Waals surface area contributed by atoms with Gasteiger partial charge < -0.3 is 10.1 Å². The molecule has 0 saturated carbocycles. The Morgan fingerprint density at radius 1 is 1.42 bits per heavy atom. The number of nitrogens with zero attached hydrogens (tertiary/aromatic N) is 1. The first-order valence-corrected chi connectivity index (χ1v) is 6.85. The van der Waals surface area contributed by atoms with Crippen molar-refractivity contribution >= 4 is 0 Å². The molecule has 0 amide bonds. The van der Waals surface area contributed by atoms with Crippen molar-refractivity contribution in [3.05, 3.63) is 29.8 Å². The van der Waals surface area contributed by atoms with E-state index in [4.69, 9.17) is 4.74 Å². The van der Waals surface area contributed by atoms with Gasteiger partial charge in [0, 0.05) is 12.6 Å². The summed E-state index contributed by atoms with van der Waals surface area (Å²) < 4.78 is 19.1. The molecule has 1 aliphatic heterocycles. The summed E-state index contributed by atoms with van der Waals surface area (Å²) >= 11 is 0. The van der Waals surface area contributed by atoms with E-state index in [9.17, 15) is 4.39 Å². The lowest BCUT2D eigenvalue weighted by Gasteiger charge is -2.38. The molecule has 3 nitrogen and oxygen atoms in total. The molecule has 4 heteroatoms. The molecule has 0 aliphatic carbocycles. The third-order valence-corrected chi connectivity index (χ3v) is 3.34. The smallest absolute Gasteiger partial charge is 0.141 e. The van der Waals surface area contributed by atoms with E-state index in [0.29, 0.717) is 0 Å². The number of hydrogen-bond donors (Lipinski definition) is 1. The molecular formula is C15H23FN2O. The minimum atomic E-state index is -0.314. The van der Waals surface area contributed by atoms with Gasteiger partial charge >= 0.3 is 0 Å². The van der Waals surface area contributed by atoms with Crippen LogP contribution < -0.4 is 5.32 Å². The molecule has 3 atom stereocenters. The molecule has 0 spiro atoms. The predicted molar refractivity (Wildman–Crippen MR) is 73.3 cm³/mol. The lowest BCUT2D eigenvalue weighted by Crippen LogP contribution is -2.47. The molecule has 1 aromatic heterocycles. The molecule has 1 aromatic rings. The average Bonchev–Trinajstić information content (AvgIpc) is 2.31. The summed E-state index contributed by atoms with van der Waals surface area (Å²) in [6.07, 6.45) is 2.30. The number of nitrogens with one attached hydrogen (secondary N) is 1. The van der Waals surface area contributed by atoms with Crippen molar-refractivity contribution in [2.24, 2.45) is 5.41 Å². The molecule has 1 fully saturated rings. The Kier molecular flexibility index (Phi) is 4.21. The molecule has 19 heavy (non-hydrogen) atoms. The maximum atomic E-state index is 12.9. The van der Waals surface area contributed by atoms with Crippen LogP contribution in [0.25, 0.3) is 0 Å². The zero-order valence-electron chi connectivity index (χ0n) is 12.1. The van der Waals surface area contributed by atoms with Gasteiger partial charge in [-0.2, -0.15) is 0 Å². The second-order valence-corrected chi connectivity index (χ2v) is 6.54. The Labute approximate surface area is 114 Å². The van der Waals surface area contributed by atoms with Crippen LogP contribution >= 0.6 is 0 Å². The number of ether oxygens (including phenoxy) is 1. The first kappa shape index (κ1) is 14.4. The predicted octanol–water partition coefficient (Wildman–Crippen LogP) is 3.07. The van der Waals surface area contributed by atoms with Gasteiger partial charge in [0.25, 0.3) is 0 Å². The summed E-state index contributed by atoms with van der Waals surface area (Å²) in [4.78, 5) is 4.14. The topological polar surface area (TPSA) is 34.1 Å². The van der Waals surface area contributed by atoms with Crippen molar-refractivity contribution in [3.8, 4) is 0 Å². The fourth-order valence-corrected chi connectivity index (χ4v) is 2.48. The molecule has 1 N–H and O–H groups in total. The summed E-state index contributed by atoms with van der Waals surface area (Å²) in [5.74, 6) is -0.314. The lowest BCUT2D eigenvalue weighted by molar-refractivity contribution is -0.0773. The standard InChI is InChI=1S/C15H23FN2O/c1-10-14(13-6-5-11(16)8-18-13)19-12(9-17-10)7-15(2,3)4/h5-6,8,10,12,14,17H,7,9H2,1-4H3. The van der Waals surface area contributed by atoms with E-state index in [1.165, 1.54) is 12.3 Å². The first-order valence-electron chi connectivity index (χ1n) is 6.85. The second-order valence-electron chi connectivity index (χ2n) is 6.54. The Bertz CT molecular complexity index is 413. The molecule has 0 radical (unpaired) electrons. The molecule has 3 unspecified atom stereocenters. The lowest BCUT2D eigenvalue weighted by atomic mass is 9.88. The van der Waals surface area contributed by atoms with Crippen LogP contribution in [0.4, 0.5) is 4.39 Å². The van der Waals surface area contributed by atoms with Crippen LogP contribution in [-0.2, 0) is 4.74 Å². The van der Waals surface area contributed by atoms with Crippen molar-refractivity contribution < 1.29 is 9.13 Å². The number of rotatable bonds is 2. The zero-order chi connectivity index (χ0) is 14.0. The number of hydrogen-bond acceptors (Lipinski definition) is 3. The maximum absolute atomic E-state index is 12.9. The van der Waals surface area contributed by atoms with Gasteiger partial charge in [0.05, 0.1) is 18.0 Å². The van der Waals surface area contributed by atoms with E-state index in [1.807, 2.05) is 0 Å². The van der Waals surface area contributed by atoms with Crippen molar-refractivity contribution in [1.82, 2.24) is 10.3 Å². The van der Waals surface area contributed by atoms with Crippen LogP contribution in [0.15, 0.2) is 18.3 Å². The van der Waals surface area contributed by atoms with E-state index in [0.717, 1.165) is 18.7 Å². The highest BCUT2D eigenvalue weighted by Crippen LogP contribution is 2.30. The highest BCUT2D eigenvalue weighted by atomic mass is 19.1. The van der Waals surface area contributed by atoms with Crippen LogP contribution in [0.3, 0.4) is 0 Å². The third-order valence-electron chi connectivity index (χ3n) is 3.34. The van der Waals surface area contributed by atoms with Crippen LogP contribution in [0.5, 0.6) is 0 Å². The maximum Gasteiger partial charge on any atom is 0.141 e. The van der Waals surface area contributed by atoms with Gasteiger partial charge in [-0.1, -0.05) is 20.8 Å². The van der Waals surface area contributed by atoms with Crippen molar-refractivity contribution in [2.75, 3.05) is 6.54 Å². The van der Waals surface area contributed by atoms with Crippen LogP contribution in [0.2, 0.25) is 0 Å². The van der Waals surface area contributed by atoms with Crippen LogP contribution in [0.1, 0.15) is 45.9 Å². The summed E-state index contributed by atoms with van der Waals surface area (Å²) in [7, 11) is 0. The monoisotopic (exact) mass is 266 g/mol. The average molecular weight is 266 g/mol. The van der Waals surface area contributed by atoms with E-state index < -0.39 is 0 Å². The Hall–Kier alpha value is -1.00. The van der Waals surface area contributed by atoms with Crippen molar-refractivity contribution in [2.45, 2.75) is 52.4 Å². The summed E-state index contributed by atoms with van der Waals surface area (Å²) in [6, 6.07) is 3.33. The van der Waals surface area contributed by atoms with Gasteiger partial charge in [0.2, 0.25) is 0 Å². The van der Waals surface area contributed by atoms with Crippen molar-refractivity contribution in [3.63, 3.8) is 0 Å². The summed E-state index contributed by atoms with van der Waals surface area (Å²) in [5, 5.41) is 3.46. The number of halogens is 1. The quantitative estimate of drug-likeness (QED) is 0.893. The molecule has 0 bridgehead atoms. The summed E-state index contributed by atoms with van der Waals surface area (Å²) in [5.41, 5.74) is 1.02. The van der Waals surface area contributed by atoms with Gasteiger partial charge in [-0.15, -0.1) is 0 Å². The van der Waals surface area contributed by atoms with E-state index >= 15 is 0 Å². The van der Waals surface area contributed by atoms with Gasteiger partial charge in [-0.3, -0.25) is 4.98 Å². The molecule has 1 saturated heterocycles. The van der Waals surface area contributed by atoms with Crippen molar-refractivity contribution in [1.29, 1.82) is 0 Å². The highest BCUT2D eigenvalue weighted by molar-refractivity contribution is 5.11. The minimum Gasteiger partial charge on any atom is -0.366 e. The van der Waals surface area contributed by atoms with E-state index in [-0.39, 0.29) is 29.5 Å². The van der Waals surface area contributed by atoms with Gasteiger partial charge in [0.15, 0.2) is 0 Å². The largest absolute Gasteiger partial charge is 0.366 e. The molecule has 0 aromatic carbocycles. The number of pyridine rings is 1. The van der Waals surface area contributed by atoms with Gasteiger partial charge in [-0.05, 0) is 30.9 Å². The Morgan fingerprint density at radius 3 is 2.74 bits per heavy atom. The van der Waals surface area contributed by atoms with Crippen LogP contribution in [-0.4, -0.2) is 23.7 Å². The SMILES string of the molecule is CC1NCC(CC(C)(C)C)OC1c1ccc(F)cn1. The highest BCUT2D eigenvalue weighted by Gasteiger charge is 2.32. The molecule has 1 aliphatic rings. The first-order chi connectivity index (χ1) is 8.85. The van der Waals surface area contributed by atoms with Gasteiger partial charge in [0.1, 0.15) is 11.9 Å². The number of morpholine rings is 1. The molecule has 2 heterocycles. The molecule has 106 valence electrons.